The van der Waals surface area contributed by atoms with E-state index < -0.39 is 26.6 Å². The molecule has 1 atom stereocenters. The molecule has 1 aliphatic carbocycles. The Labute approximate surface area is 82.4 Å². The largest absolute Gasteiger partial charge is 0.334 e. The van der Waals surface area contributed by atoms with Crippen LogP contribution in [0.25, 0.3) is 0 Å². The summed E-state index contributed by atoms with van der Waals surface area (Å²) in [4.78, 5) is -0.148. The molecule has 0 aromatic rings. The van der Waals surface area contributed by atoms with Gasteiger partial charge in [-0.05, 0) is 6.08 Å². The fourth-order valence-corrected chi connectivity index (χ4v) is 2.08. The van der Waals surface area contributed by atoms with Crippen molar-refractivity contribution in [3.05, 3.63) is 24.3 Å². The van der Waals surface area contributed by atoms with E-state index in [1.165, 1.54) is 24.3 Å². The van der Waals surface area contributed by atoms with Gasteiger partial charge in [-0.2, -0.15) is 21.6 Å². The van der Waals surface area contributed by atoms with E-state index in [9.17, 15) is 16.8 Å². The molecule has 1 rings (SSSR count). The van der Waals surface area contributed by atoms with Crippen LogP contribution in [-0.2, 0) is 20.6 Å². The van der Waals surface area contributed by atoms with E-state index >= 15 is 0 Å². The number of rotatable bonds is 2. The van der Waals surface area contributed by atoms with E-state index in [1.54, 1.807) is 4.72 Å². The molecule has 14 heavy (non-hydrogen) atoms. The van der Waals surface area contributed by atoms with Crippen molar-refractivity contribution in [2.75, 3.05) is 0 Å². The third kappa shape index (κ3) is 3.07. The van der Waals surface area contributed by atoms with Crippen molar-refractivity contribution >= 4 is 25.5 Å². The quantitative estimate of drug-likeness (QED) is 0.470. The zero-order valence-electron chi connectivity index (χ0n) is 6.78. The van der Waals surface area contributed by atoms with Crippen molar-refractivity contribution in [1.82, 2.24) is 4.72 Å². The predicted octanol–water partition coefficient (Wildman–Crippen LogP) is -1.08. The highest BCUT2D eigenvalue weighted by Crippen LogP contribution is 2.01. The Morgan fingerprint density at radius 2 is 2.00 bits per heavy atom. The van der Waals surface area contributed by atoms with Crippen molar-refractivity contribution < 1.29 is 21.4 Å². The highest BCUT2D eigenvalue weighted by Gasteiger charge is 2.19. The summed E-state index contributed by atoms with van der Waals surface area (Å²) in [6.07, 6.45) is 5.47. The zero-order valence-corrected chi connectivity index (χ0v) is 8.42. The smallest absolute Gasteiger partial charge is 0.273 e. The maximum Gasteiger partial charge on any atom is 0.334 e. The number of hydrogen-bond acceptors (Lipinski definition) is 4. The molecule has 0 aromatic heterocycles. The molecule has 0 fully saturated rings. The molecule has 0 spiro atoms. The third-order valence-corrected chi connectivity index (χ3v) is 2.78. The first-order valence-electron chi connectivity index (χ1n) is 3.46. The van der Waals surface area contributed by atoms with E-state index in [0.717, 1.165) is 0 Å². The Morgan fingerprint density at radius 1 is 1.36 bits per heavy atom. The molecule has 0 saturated heterocycles. The minimum atomic E-state index is -4.42. The van der Waals surface area contributed by atoms with E-state index in [0.29, 0.717) is 0 Å². The van der Waals surface area contributed by atoms with E-state index in [1.807, 2.05) is 0 Å². The van der Waals surface area contributed by atoms with Crippen molar-refractivity contribution in [2.24, 2.45) is 0 Å². The zero-order chi connectivity index (χ0) is 10.8. The lowest BCUT2D eigenvalue weighted by Crippen LogP contribution is -2.39. The SMILES string of the molecule is O=S(=O)=C1C=CC=CC1NS(=O)(=O)O. The molecule has 78 valence electrons. The van der Waals surface area contributed by atoms with Crippen LogP contribution in [0, 0.1) is 0 Å². The van der Waals surface area contributed by atoms with Crippen LogP contribution in [0.2, 0.25) is 0 Å². The van der Waals surface area contributed by atoms with Crippen LogP contribution < -0.4 is 4.72 Å². The van der Waals surface area contributed by atoms with Crippen LogP contribution in [0.1, 0.15) is 0 Å². The first kappa shape index (κ1) is 11.1. The van der Waals surface area contributed by atoms with E-state index in [-0.39, 0.29) is 4.86 Å². The topological polar surface area (TPSA) is 101 Å². The normalized spacial score (nSPS) is 21.2. The van der Waals surface area contributed by atoms with Gasteiger partial charge >= 0.3 is 10.3 Å². The van der Waals surface area contributed by atoms with Crippen molar-refractivity contribution in [3.8, 4) is 0 Å². The van der Waals surface area contributed by atoms with Gasteiger partial charge in [-0.15, -0.1) is 0 Å². The summed E-state index contributed by atoms with van der Waals surface area (Å²) in [5, 5.41) is 0. The monoisotopic (exact) mass is 237 g/mol. The van der Waals surface area contributed by atoms with Crippen LogP contribution >= 0.6 is 0 Å². The lowest BCUT2D eigenvalue weighted by molar-refractivity contribution is 0.468. The van der Waals surface area contributed by atoms with Gasteiger partial charge in [0.05, 0.1) is 10.9 Å². The maximum absolute atomic E-state index is 10.6. The Kier molecular flexibility index (Phi) is 3.21. The molecular formula is C6H7NO5S2. The second-order valence-corrected chi connectivity index (χ2v) is 4.58. The van der Waals surface area contributed by atoms with Crippen LogP contribution in [0.15, 0.2) is 24.3 Å². The lowest BCUT2D eigenvalue weighted by atomic mass is 10.1. The van der Waals surface area contributed by atoms with Crippen molar-refractivity contribution in [2.45, 2.75) is 6.04 Å². The van der Waals surface area contributed by atoms with Gasteiger partial charge in [0, 0.05) is 0 Å². The molecule has 2 N–H and O–H groups in total. The molecule has 0 amide bonds. The molecule has 0 saturated carbocycles. The fraction of sp³-hybridized carbons (Fsp3) is 0.167. The number of nitrogens with one attached hydrogen (secondary N) is 1. The number of allylic oxidation sites excluding steroid dienone is 2. The van der Waals surface area contributed by atoms with Gasteiger partial charge in [-0.1, -0.05) is 18.2 Å². The van der Waals surface area contributed by atoms with Crippen LogP contribution in [0.3, 0.4) is 0 Å². The third-order valence-electron chi connectivity index (χ3n) is 1.45. The van der Waals surface area contributed by atoms with Gasteiger partial charge in [0.1, 0.15) is 0 Å². The van der Waals surface area contributed by atoms with Gasteiger partial charge in [-0.25, -0.2) is 0 Å². The molecule has 0 heterocycles. The first-order valence-corrected chi connectivity index (χ1v) is 5.97. The van der Waals surface area contributed by atoms with Gasteiger partial charge in [0.25, 0.3) is 0 Å². The van der Waals surface area contributed by atoms with Gasteiger partial charge in [0.15, 0.2) is 0 Å². The average Bonchev–Trinajstić information content (AvgIpc) is 2.01. The Hall–Kier alpha value is -0.960. The Balaban J connectivity index is 3.06. The molecule has 1 aliphatic rings. The second kappa shape index (κ2) is 4.05. The highest BCUT2D eigenvalue weighted by molar-refractivity contribution is 7.84. The molecule has 0 aliphatic heterocycles. The number of hydrogen-bond donors (Lipinski definition) is 2. The summed E-state index contributed by atoms with van der Waals surface area (Å²) in [5.74, 6) is 0. The predicted molar refractivity (Wildman–Crippen MR) is 50.7 cm³/mol. The van der Waals surface area contributed by atoms with Crippen molar-refractivity contribution in [3.63, 3.8) is 0 Å². The van der Waals surface area contributed by atoms with Crippen molar-refractivity contribution in [1.29, 1.82) is 0 Å². The fourth-order valence-electron chi connectivity index (χ4n) is 0.941. The average molecular weight is 237 g/mol. The highest BCUT2D eigenvalue weighted by atomic mass is 32.2. The summed E-state index contributed by atoms with van der Waals surface area (Å²) in [6, 6.07) is -1.05. The maximum atomic E-state index is 10.6. The van der Waals surface area contributed by atoms with E-state index in [2.05, 4.69) is 0 Å². The summed E-state index contributed by atoms with van der Waals surface area (Å²) < 4.78 is 52.3. The summed E-state index contributed by atoms with van der Waals surface area (Å²) in [7, 11) is -6.95. The Bertz CT molecular complexity index is 502. The van der Waals surface area contributed by atoms with Gasteiger partial charge in [0.2, 0.25) is 10.3 Å². The van der Waals surface area contributed by atoms with Crippen LogP contribution in [0.5, 0.6) is 0 Å². The summed E-state index contributed by atoms with van der Waals surface area (Å²) in [5.41, 5.74) is 0. The lowest BCUT2D eigenvalue weighted by Gasteiger charge is -2.12. The standard InChI is InChI=1S/C6H7NO5S2/c8-13(9)6-4-2-1-3-5(6)7-14(10,11)12/h1-5,7H,(H,10,11,12). The van der Waals surface area contributed by atoms with Crippen LogP contribution in [0.4, 0.5) is 0 Å². The van der Waals surface area contributed by atoms with Gasteiger partial charge in [-0.3, -0.25) is 4.55 Å². The molecule has 0 aromatic carbocycles. The summed E-state index contributed by atoms with van der Waals surface area (Å²) >= 11 is 0. The minimum Gasteiger partial charge on any atom is -0.273 e. The van der Waals surface area contributed by atoms with Gasteiger partial charge < -0.3 is 0 Å². The minimum absolute atomic E-state index is 0.148. The molecule has 1 unspecified atom stereocenters. The molecule has 8 heteroatoms. The summed E-state index contributed by atoms with van der Waals surface area (Å²) in [6.45, 7) is 0. The van der Waals surface area contributed by atoms with Crippen LogP contribution in [-0.4, -0.2) is 32.3 Å². The second-order valence-electron chi connectivity index (χ2n) is 2.45. The first-order chi connectivity index (χ1) is 6.40. The van der Waals surface area contributed by atoms with E-state index in [4.69, 9.17) is 4.55 Å². The molecule has 6 nitrogen and oxygen atoms in total. The Morgan fingerprint density at radius 3 is 2.50 bits per heavy atom. The molecule has 0 radical (unpaired) electrons. The molecule has 0 bridgehead atoms. The molecular weight excluding hydrogens is 230 g/mol.